The summed E-state index contributed by atoms with van der Waals surface area (Å²) in [5, 5.41) is 0. The van der Waals surface area contributed by atoms with Crippen LogP contribution >= 0.6 is 0 Å². The molecule has 1 unspecified atom stereocenters. The summed E-state index contributed by atoms with van der Waals surface area (Å²) in [7, 11) is 0. The highest BCUT2D eigenvalue weighted by atomic mass is 19.1. The summed E-state index contributed by atoms with van der Waals surface area (Å²) >= 11 is 0. The fourth-order valence-electron chi connectivity index (χ4n) is 2.32. The van der Waals surface area contributed by atoms with Gasteiger partial charge in [0.05, 0.1) is 0 Å². The molecule has 0 aromatic heterocycles. The zero-order chi connectivity index (χ0) is 14.5. The number of Topliss-reactive ketones (excluding diaryl/α,β-unsaturated/α-hetero) is 1. The Hall–Kier alpha value is -2.03. The Morgan fingerprint density at radius 1 is 1.10 bits per heavy atom. The lowest BCUT2D eigenvalue weighted by Crippen LogP contribution is -2.15. The standard InChI is InChI=1S/C17H16F2O/c1-2-15(12-6-4-3-5-7-12)17(20)11-13-10-14(18)8-9-16(13)19/h3-10,15H,2,11H2,1H3. The van der Waals surface area contributed by atoms with Crippen LogP contribution in [0.1, 0.15) is 30.4 Å². The molecule has 0 bridgehead atoms. The molecule has 0 aliphatic rings. The summed E-state index contributed by atoms with van der Waals surface area (Å²) in [6.07, 6.45) is 0.552. The summed E-state index contributed by atoms with van der Waals surface area (Å²) in [5.41, 5.74) is 1.03. The Kier molecular flexibility index (Phi) is 4.61. The second-order valence-electron chi connectivity index (χ2n) is 4.75. The Balaban J connectivity index is 2.20. The van der Waals surface area contributed by atoms with Gasteiger partial charge in [-0.1, -0.05) is 37.3 Å². The van der Waals surface area contributed by atoms with Gasteiger partial charge < -0.3 is 0 Å². The number of ketones is 1. The molecule has 0 radical (unpaired) electrons. The van der Waals surface area contributed by atoms with Crippen LogP contribution in [0.25, 0.3) is 0 Å². The molecule has 0 spiro atoms. The smallest absolute Gasteiger partial charge is 0.144 e. The average molecular weight is 274 g/mol. The van der Waals surface area contributed by atoms with E-state index in [1.807, 2.05) is 37.3 Å². The van der Waals surface area contributed by atoms with Gasteiger partial charge in [-0.2, -0.15) is 0 Å². The monoisotopic (exact) mass is 274 g/mol. The molecule has 2 aromatic carbocycles. The molecule has 3 heteroatoms. The van der Waals surface area contributed by atoms with Crippen molar-refractivity contribution in [2.75, 3.05) is 0 Å². The van der Waals surface area contributed by atoms with Crippen LogP contribution < -0.4 is 0 Å². The number of hydrogen-bond acceptors (Lipinski definition) is 1. The van der Waals surface area contributed by atoms with E-state index >= 15 is 0 Å². The maximum Gasteiger partial charge on any atom is 0.144 e. The summed E-state index contributed by atoms with van der Waals surface area (Å²) in [6, 6.07) is 12.6. The summed E-state index contributed by atoms with van der Waals surface area (Å²) in [5.74, 6) is -1.44. The first-order valence-corrected chi connectivity index (χ1v) is 6.63. The van der Waals surface area contributed by atoms with E-state index in [0.717, 1.165) is 23.8 Å². The first kappa shape index (κ1) is 14.4. The maximum absolute atomic E-state index is 13.6. The normalized spacial score (nSPS) is 12.2. The van der Waals surface area contributed by atoms with Gasteiger partial charge in [0, 0.05) is 12.3 Å². The molecule has 2 rings (SSSR count). The van der Waals surface area contributed by atoms with E-state index in [-0.39, 0.29) is 23.7 Å². The Morgan fingerprint density at radius 3 is 2.45 bits per heavy atom. The summed E-state index contributed by atoms with van der Waals surface area (Å²) in [6.45, 7) is 1.91. The average Bonchev–Trinajstić information content (AvgIpc) is 2.45. The molecule has 1 atom stereocenters. The van der Waals surface area contributed by atoms with Crippen LogP contribution in [0.15, 0.2) is 48.5 Å². The highest BCUT2D eigenvalue weighted by Gasteiger charge is 2.20. The molecule has 2 aromatic rings. The molecule has 1 nitrogen and oxygen atoms in total. The van der Waals surface area contributed by atoms with Crippen molar-refractivity contribution in [2.45, 2.75) is 25.7 Å². The Bertz CT molecular complexity index is 593. The zero-order valence-corrected chi connectivity index (χ0v) is 11.3. The third-order valence-corrected chi connectivity index (χ3v) is 3.37. The fourth-order valence-corrected chi connectivity index (χ4v) is 2.32. The van der Waals surface area contributed by atoms with Crippen LogP contribution in [-0.4, -0.2) is 5.78 Å². The van der Waals surface area contributed by atoms with Crippen molar-refractivity contribution >= 4 is 5.78 Å². The lowest BCUT2D eigenvalue weighted by Gasteiger charge is -2.14. The van der Waals surface area contributed by atoms with Crippen LogP contribution in [0.4, 0.5) is 8.78 Å². The van der Waals surface area contributed by atoms with Crippen LogP contribution in [0, 0.1) is 11.6 Å². The van der Waals surface area contributed by atoms with E-state index < -0.39 is 11.6 Å². The molecular weight excluding hydrogens is 258 g/mol. The summed E-state index contributed by atoms with van der Waals surface area (Å²) < 4.78 is 26.7. The molecule has 0 saturated carbocycles. The molecule has 0 saturated heterocycles. The molecule has 104 valence electrons. The fraction of sp³-hybridized carbons (Fsp3) is 0.235. The topological polar surface area (TPSA) is 17.1 Å². The van der Waals surface area contributed by atoms with Crippen LogP contribution in [-0.2, 0) is 11.2 Å². The Morgan fingerprint density at radius 2 is 1.80 bits per heavy atom. The van der Waals surface area contributed by atoms with E-state index in [9.17, 15) is 13.6 Å². The second-order valence-corrected chi connectivity index (χ2v) is 4.75. The van der Waals surface area contributed by atoms with E-state index in [0.29, 0.717) is 6.42 Å². The third kappa shape index (κ3) is 3.29. The van der Waals surface area contributed by atoms with Gasteiger partial charge in [-0.3, -0.25) is 4.79 Å². The lowest BCUT2D eigenvalue weighted by molar-refractivity contribution is -0.120. The Labute approximate surface area is 117 Å². The first-order chi connectivity index (χ1) is 9.61. The lowest BCUT2D eigenvalue weighted by atomic mass is 9.89. The van der Waals surface area contributed by atoms with Crippen molar-refractivity contribution in [3.63, 3.8) is 0 Å². The second kappa shape index (κ2) is 6.42. The van der Waals surface area contributed by atoms with Crippen molar-refractivity contribution in [3.05, 3.63) is 71.3 Å². The van der Waals surface area contributed by atoms with E-state index in [1.165, 1.54) is 0 Å². The number of carbonyl (C=O) groups excluding carboxylic acids is 1. The third-order valence-electron chi connectivity index (χ3n) is 3.37. The van der Waals surface area contributed by atoms with Gasteiger partial charge in [0.1, 0.15) is 17.4 Å². The van der Waals surface area contributed by atoms with Gasteiger partial charge >= 0.3 is 0 Å². The number of carbonyl (C=O) groups is 1. The molecule has 0 aliphatic carbocycles. The van der Waals surface area contributed by atoms with Gasteiger partial charge in [0.2, 0.25) is 0 Å². The quantitative estimate of drug-likeness (QED) is 0.795. The minimum atomic E-state index is -0.539. The minimum absolute atomic E-state index is 0.0863. The van der Waals surface area contributed by atoms with Gasteiger partial charge in [-0.05, 0) is 35.7 Å². The predicted molar refractivity (Wildman–Crippen MR) is 74.5 cm³/mol. The molecule has 0 heterocycles. The van der Waals surface area contributed by atoms with Crippen molar-refractivity contribution in [3.8, 4) is 0 Å². The highest BCUT2D eigenvalue weighted by Crippen LogP contribution is 2.23. The van der Waals surface area contributed by atoms with Crippen molar-refractivity contribution in [1.82, 2.24) is 0 Å². The zero-order valence-electron chi connectivity index (χ0n) is 11.3. The summed E-state index contributed by atoms with van der Waals surface area (Å²) in [4.78, 5) is 12.3. The largest absolute Gasteiger partial charge is 0.299 e. The predicted octanol–water partition coefficient (Wildman–Crippen LogP) is 4.27. The maximum atomic E-state index is 13.6. The first-order valence-electron chi connectivity index (χ1n) is 6.63. The van der Waals surface area contributed by atoms with Gasteiger partial charge in [0.15, 0.2) is 0 Å². The number of rotatable bonds is 5. The van der Waals surface area contributed by atoms with Crippen LogP contribution in [0.5, 0.6) is 0 Å². The van der Waals surface area contributed by atoms with Crippen LogP contribution in [0.2, 0.25) is 0 Å². The van der Waals surface area contributed by atoms with Crippen molar-refractivity contribution < 1.29 is 13.6 Å². The molecule has 0 fully saturated rings. The van der Waals surface area contributed by atoms with Gasteiger partial charge in [0.25, 0.3) is 0 Å². The number of benzene rings is 2. The highest BCUT2D eigenvalue weighted by molar-refractivity contribution is 5.87. The molecule has 0 amide bonds. The van der Waals surface area contributed by atoms with Crippen LogP contribution in [0.3, 0.4) is 0 Å². The molecule has 0 aliphatic heterocycles. The van der Waals surface area contributed by atoms with Gasteiger partial charge in [-0.15, -0.1) is 0 Å². The van der Waals surface area contributed by atoms with E-state index in [2.05, 4.69) is 0 Å². The van der Waals surface area contributed by atoms with Crippen molar-refractivity contribution in [1.29, 1.82) is 0 Å². The molecular formula is C17H16F2O. The molecule has 20 heavy (non-hydrogen) atoms. The molecule has 0 N–H and O–H groups in total. The van der Waals surface area contributed by atoms with E-state index in [1.54, 1.807) is 0 Å². The van der Waals surface area contributed by atoms with Gasteiger partial charge in [-0.25, -0.2) is 8.78 Å². The van der Waals surface area contributed by atoms with E-state index in [4.69, 9.17) is 0 Å². The number of hydrogen-bond donors (Lipinski definition) is 0. The minimum Gasteiger partial charge on any atom is -0.299 e. The SMILES string of the molecule is CCC(C(=O)Cc1cc(F)ccc1F)c1ccccc1. The van der Waals surface area contributed by atoms with Crippen molar-refractivity contribution in [2.24, 2.45) is 0 Å². The number of halogens is 2.